The Morgan fingerprint density at radius 3 is 1.55 bits per heavy atom. The molecule has 0 radical (unpaired) electrons. The quantitative estimate of drug-likeness (QED) is 0.248. The van der Waals surface area contributed by atoms with Gasteiger partial charge in [0.2, 0.25) is 11.8 Å². The zero-order chi connectivity index (χ0) is 27.3. The molecule has 38 heavy (non-hydrogen) atoms. The highest BCUT2D eigenvalue weighted by molar-refractivity contribution is 5.58. The van der Waals surface area contributed by atoms with Gasteiger partial charge in [0.05, 0.1) is 25.6 Å². The minimum absolute atomic E-state index is 0.614. The molecule has 2 N–H and O–H groups in total. The second-order valence-corrected chi connectivity index (χ2v) is 9.11. The summed E-state index contributed by atoms with van der Waals surface area (Å²) in [5.74, 6) is 3.32. The van der Waals surface area contributed by atoms with Crippen molar-refractivity contribution in [3.8, 4) is 34.3 Å². The number of rotatable bonds is 12. The number of hydrogen-bond acceptors (Lipinski definition) is 7. The van der Waals surface area contributed by atoms with Gasteiger partial charge in [-0.05, 0) is 51.8 Å². The Hall–Kier alpha value is -3.72. The average Bonchev–Trinajstić information content (AvgIpc) is 3.51. The van der Waals surface area contributed by atoms with Gasteiger partial charge in [0.25, 0.3) is 0 Å². The third-order valence-corrected chi connectivity index (χ3v) is 6.29. The lowest BCUT2D eigenvalue weighted by atomic mass is 10.2. The van der Waals surface area contributed by atoms with Crippen LogP contribution in [-0.4, -0.2) is 49.8 Å². The van der Waals surface area contributed by atoms with Gasteiger partial charge in [0.1, 0.15) is 11.6 Å². The molecule has 0 fully saturated rings. The smallest absolute Gasteiger partial charge is 0.212 e. The number of aryl methyl sites for hydroxylation is 4. The number of aromatic nitrogens is 6. The molecule has 9 heteroatoms. The van der Waals surface area contributed by atoms with Crippen LogP contribution in [0.1, 0.15) is 50.7 Å². The summed E-state index contributed by atoms with van der Waals surface area (Å²) in [6.07, 6.45) is 13.6. The fraction of sp³-hybridized carbons (Fsp3) is 0.448. The van der Waals surface area contributed by atoms with Crippen molar-refractivity contribution in [2.75, 3.05) is 20.8 Å². The number of pyridine rings is 2. The molecule has 0 saturated heterocycles. The Labute approximate surface area is 226 Å². The predicted molar refractivity (Wildman–Crippen MR) is 151 cm³/mol. The molecule has 0 amide bonds. The minimum atomic E-state index is 0.614. The Morgan fingerprint density at radius 2 is 1.18 bits per heavy atom. The van der Waals surface area contributed by atoms with Crippen LogP contribution < -0.4 is 15.2 Å². The fourth-order valence-electron chi connectivity index (χ4n) is 4.01. The summed E-state index contributed by atoms with van der Waals surface area (Å²) in [6.45, 7) is 9.02. The highest BCUT2D eigenvalue weighted by Gasteiger charge is 2.08. The summed E-state index contributed by atoms with van der Waals surface area (Å²) in [6, 6.07) is 7.67. The Bertz CT molecular complexity index is 1130. The molecule has 0 aliphatic rings. The summed E-state index contributed by atoms with van der Waals surface area (Å²) < 4.78 is 14.5. The summed E-state index contributed by atoms with van der Waals surface area (Å²) in [5.41, 5.74) is 9.46. The van der Waals surface area contributed by atoms with Gasteiger partial charge in [0.15, 0.2) is 0 Å². The Morgan fingerprint density at radius 1 is 0.711 bits per heavy atom. The lowest BCUT2D eigenvalue weighted by molar-refractivity contribution is 0.398. The number of unbranched alkanes of at least 4 members (excludes halogenated alkanes) is 3. The van der Waals surface area contributed by atoms with Crippen molar-refractivity contribution in [1.82, 2.24) is 29.1 Å². The van der Waals surface area contributed by atoms with Crippen molar-refractivity contribution >= 4 is 0 Å². The molecule has 4 rings (SSSR count). The van der Waals surface area contributed by atoms with Crippen LogP contribution in [0.25, 0.3) is 22.5 Å². The van der Waals surface area contributed by atoms with Gasteiger partial charge in [-0.15, -0.1) is 0 Å². The topological polar surface area (TPSA) is 106 Å². The summed E-state index contributed by atoms with van der Waals surface area (Å²) >= 11 is 0. The molecule has 0 saturated carbocycles. The van der Waals surface area contributed by atoms with Crippen molar-refractivity contribution in [1.29, 1.82) is 0 Å². The molecular weight excluding hydrogens is 478 g/mol. The van der Waals surface area contributed by atoms with Crippen molar-refractivity contribution in [3.05, 3.63) is 60.7 Å². The first-order chi connectivity index (χ1) is 18.5. The van der Waals surface area contributed by atoms with Crippen molar-refractivity contribution in [3.63, 3.8) is 0 Å². The summed E-state index contributed by atoms with van der Waals surface area (Å²) in [4.78, 5) is 17.6. The van der Waals surface area contributed by atoms with Crippen LogP contribution in [0.3, 0.4) is 0 Å². The van der Waals surface area contributed by atoms with E-state index in [-0.39, 0.29) is 0 Å². The van der Waals surface area contributed by atoms with Crippen LogP contribution in [0.4, 0.5) is 0 Å². The predicted octanol–water partition coefficient (Wildman–Crippen LogP) is 5.45. The first-order valence-electron chi connectivity index (χ1n) is 13.3. The van der Waals surface area contributed by atoms with Crippen LogP contribution in [-0.2, 0) is 13.1 Å². The standard InChI is InChI=1S/C15H21N3O.C14H20N4O/c1-4-5-6-9-18-11-14(17-12(18)2)13-7-8-15(19-3)16-10-13;1-11-17-13(10-18(11)8-4-3-7-15)12-5-6-14(19-2)16-9-12/h7-8,10-11H,4-6,9H2,1-3H3;5-6,9-10H,3-4,7-8,15H2,1-2H3. The Kier molecular flexibility index (Phi) is 11.3. The van der Waals surface area contributed by atoms with Gasteiger partial charge in [-0.25, -0.2) is 19.9 Å². The highest BCUT2D eigenvalue weighted by Crippen LogP contribution is 2.21. The SMILES string of the molecule is CCCCCn1cc(-c2ccc(OC)nc2)nc1C.COc1ccc(-c2cn(CCCCN)c(C)n2)cn1. The van der Waals surface area contributed by atoms with E-state index >= 15 is 0 Å². The number of methoxy groups -OCH3 is 2. The maximum Gasteiger partial charge on any atom is 0.212 e. The number of ether oxygens (including phenoxy) is 2. The minimum Gasteiger partial charge on any atom is -0.481 e. The van der Waals surface area contributed by atoms with E-state index in [1.54, 1.807) is 26.6 Å². The molecule has 0 aliphatic carbocycles. The van der Waals surface area contributed by atoms with Gasteiger partial charge in [-0.3, -0.25) is 0 Å². The second-order valence-electron chi connectivity index (χ2n) is 9.11. The van der Waals surface area contributed by atoms with Gasteiger partial charge in [-0.1, -0.05) is 19.8 Å². The van der Waals surface area contributed by atoms with E-state index in [9.17, 15) is 0 Å². The Balaban J connectivity index is 0.000000211. The third kappa shape index (κ3) is 8.14. The molecule has 0 aromatic carbocycles. The fourth-order valence-corrected chi connectivity index (χ4v) is 4.01. The maximum absolute atomic E-state index is 5.51. The van der Waals surface area contributed by atoms with Gasteiger partial charge >= 0.3 is 0 Å². The van der Waals surface area contributed by atoms with Crippen LogP contribution >= 0.6 is 0 Å². The molecule has 0 spiro atoms. The molecule has 4 aromatic heterocycles. The van der Waals surface area contributed by atoms with E-state index in [4.69, 9.17) is 15.2 Å². The lowest BCUT2D eigenvalue weighted by Gasteiger charge is -2.02. The molecular formula is C29H41N7O2. The molecule has 4 heterocycles. The zero-order valence-electron chi connectivity index (χ0n) is 23.4. The van der Waals surface area contributed by atoms with Crippen LogP contribution in [0, 0.1) is 13.8 Å². The lowest BCUT2D eigenvalue weighted by Crippen LogP contribution is -2.03. The molecule has 9 nitrogen and oxygen atoms in total. The van der Waals surface area contributed by atoms with E-state index in [1.807, 2.05) is 38.1 Å². The van der Waals surface area contributed by atoms with Crippen LogP contribution in [0.15, 0.2) is 49.1 Å². The molecule has 0 bridgehead atoms. The molecule has 4 aromatic rings. The molecule has 0 unspecified atom stereocenters. The number of imidazole rings is 2. The van der Waals surface area contributed by atoms with Crippen molar-refractivity contribution < 1.29 is 9.47 Å². The van der Waals surface area contributed by atoms with Crippen LogP contribution in [0.2, 0.25) is 0 Å². The largest absolute Gasteiger partial charge is 0.481 e. The number of nitrogens with two attached hydrogens (primary N) is 1. The molecule has 204 valence electrons. The second kappa shape index (κ2) is 14.9. The molecule has 0 atom stereocenters. The van der Waals surface area contributed by atoms with Gasteiger partial charge in [-0.2, -0.15) is 0 Å². The number of hydrogen-bond donors (Lipinski definition) is 1. The molecule has 0 aliphatic heterocycles. The van der Waals surface area contributed by atoms with E-state index in [0.717, 1.165) is 66.6 Å². The van der Waals surface area contributed by atoms with Crippen molar-refractivity contribution in [2.24, 2.45) is 5.73 Å². The zero-order valence-corrected chi connectivity index (χ0v) is 23.4. The van der Waals surface area contributed by atoms with E-state index < -0.39 is 0 Å². The first kappa shape index (κ1) is 28.8. The van der Waals surface area contributed by atoms with E-state index in [0.29, 0.717) is 11.8 Å². The monoisotopic (exact) mass is 519 g/mol. The maximum atomic E-state index is 5.51. The van der Waals surface area contributed by atoms with Crippen molar-refractivity contribution in [2.45, 2.75) is 66.0 Å². The first-order valence-corrected chi connectivity index (χ1v) is 13.3. The van der Waals surface area contributed by atoms with Gasteiger partial charge < -0.3 is 24.3 Å². The van der Waals surface area contributed by atoms with E-state index in [2.05, 4.69) is 48.4 Å². The summed E-state index contributed by atoms with van der Waals surface area (Å²) in [5, 5.41) is 0. The third-order valence-electron chi connectivity index (χ3n) is 6.29. The van der Waals surface area contributed by atoms with Gasteiger partial charge in [0, 0.05) is 61.1 Å². The van der Waals surface area contributed by atoms with Crippen LogP contribution in [0.5, 0.6) is 11.8 Å². The average molecular weight is 520 g/mol. The highest BCUT2D eigenvalue weighted by atomic mass is 16.5. The summed E-state index contributed by atoms with van der Waals surface area (Å²) in [7, 11) is 3.23. The normalized spacial score (nSPS) is 10.7. The number of nitrogens with zero attached hydrogens (tertiary/aromatic N) is 6. The van der Waals surface area contributed by atoms with E-state index in [1.165, 1.54) is 19.3 Å².